The van der Waals surface area contributed by atoms with Crippen LogP contribution in [0, 0.1) is 5.92 Å². The van der Waals surface area contributed by atoms with Crippen molar-refractivity contribution in [1.82, 2.24) is 15.0 Å². The maximum atomic E-state index is 11.0. The molecule has 0 spiro atoms. The van der Waals surface area contributed by atoms with E-state index in [2.05, 4.69) is 37.7 Å². The molecule has 11 heteroatoms. The van der Waals surface area contributed by atoms with Crippen LogP contribution in [-0.4, -0.2) is 49.2 Å². The number of nitrogens with zero attached hydrogens (tertiary/aromatic N) is 3. The highest BCUT2D eigenvalue weighted by Crippen LogP contribution is 2.35. The zero-order valence-electron chi connectivity index (χ0n) is 16.7. The number of hydrogen-bond acceptors (Lipinski definition) is 9. The van der Waals surface area contributed by atoms with E-state index >= 15 is 0 Å². The molecule has 2 aromatic rings. The average molecular weight is 435 g/mol. The third-order valence-electron chi connectivity index (χ3n) is 5.68. The highest BCUT2D eigenvalue weighted by molar-refractivity contribution is 7.84. The second kappa shape index (κ2) is 8.80. The first kappa shape index (κ1) is 20.9. The quantitative estimate of drug-likeness (QED) is 0.562. The highest BCUT2D eigenvalue weighted by atomic mass is 32.2. The van der Waals surface area contributed by atoms with Gasteiger partial charge >= 0.3 is 10.3 Å². The maximum Gasteiger partial charge on any atom is 0.333 e. The molecule has 0 radical (unpaired) electrons. The van der Waals surface area contributed by atoms with Crippen molar-refractivity contribution in [2.24, 2.45) is 11.1 Å². The molecule has 4 rings (SSSR count). The molecule has 4 atom stereocenters. The zero-order chi connectivity index (χ0) is 21.1. The van der Waals surface area contributed by atoms with Crippen LogP contribution in [0.2, 0.25) is 0 Å². The summed E-state index contributed by atoms with van der Waals surface area (Å²) in [5.41, 5.74) is 2.45. The summed E-state index contributed by atoms with van der Waals surface area (Å²) in [6, 6.07) is 8.35. The van der Waals surface area contributed by atoms with E-state index in [1.165, 1.54) is 17.5 Å². The summed E-state index contributed by atoms with van der Waals surface area (Å²) >= 11 is 0. The number of nitrogens with two attached hydrogens (primary N) is 1. The number of aromatic nitrogens is 3. The van der Waals surface area contributed by atoms with Crippen LogP contribution in [0.1, 0.15) is 36.4 Å². The van der Waals surface area contributed by atoms with Gasteiger partial charge in [-0.2, -0.15) is 13.4 Å². The molecule has 0 amide bonds. The fourth-order valence-corrected chi connectivity index (χ4v) is 4.64. The van der Waals surface area contributed by atoms with Gasteiger partial charge in [0.25, 0.3) is 0 Å². The third-order valence-corrected chi connectivity index (χ3v) is 6.15. The molecule has 1 aromatic carbocycles. The van der Waals surface area contributed by atoms with Gasteiger partial charge in [0.1, 0.15) is 6.33 Å². The summed E-state index contributed by atoms with van der Waals surface area (Å²) < 4.78 is 32.3. The van der Waals surface area contributed by atoms with Gasteiger partial charge in [0.05, 0.1) is 18.8 Å². The van der Waals surface area contributed by atoms with E-state index in [0.29, 0.717) is 11.9 Å². The summed E-state index contributed by atoms with van der Waals surface area (Å²) in [6.45, 7) is 0.0977. The third kappa shape index (κ3) is 5.04. The van der Waals surface area contributed by atoms with Crippen LogP contribution in [0.5, 0.6) is 0 Å². The molecule has 10 nitrogen and oxygen atoms in total. The Kier molecular flexibility index (Phi) is 6.14. The number of anilines is 2. The molecule has 2 aliphatic carbocycles. The van der Waals surface area contributed by atoms with Crippen molar-refractivity contribution in [3.63, 3.8) is 0 Å². The van der Waals surface area contributed by atoms with Crippen LogP contribution in [0.3, 0.4) is 0 Å². The monoisotopic (exact) mass is 434 g/mol. The molecule has 1 aromatic heterocycles. The van der Waals surface area contributed by atoms with Gasteiger partial charge in [-0.1, -0.05) is 24.3 Å². The number of methoxy groups -OCH3 is 1. The van der Waals surface area contributed by atoms with Crippen molar-refractivity contribution in [3.8, 4) is 0 Å². The first-order valence-electron chi connectivity index (χ1n) is 9.91. The lowest BCUT2D eigenvalue weighted by Gasteiger charge is -2.21. The number of hydrogen-bond donors (Lipinski definition) is 3. The number of fused-ring (bicyclic) bond motifs is 1. The van der Waals surface area contributed by atoms with Crippen LogP contribution in [0.15, 0.2) is 30.6 Å². The molecule has 0 aliphatic heterocycles. The lowest BCUT2D eigenvalue weighted by atomic mass is 10.1. The molecule has 4 N–H and O–H groups in total. The van der Waals surface area contributed by atoms with E-state index in [1.807, 2.05) is 12.1 Å². The first-order valence-corrected chi connectivity index (χ1v) is 11.4. The molecule has 2 aliphatic rings. The minimum absolute atomic E-state index is 0.00462. The van der Waals surface area contributed by atoms with Gasteiger partial charge in [0.2, 0.25) is 11.9 Å². The van der Waals surface area contributed by atoms with Gasteiger partial charge in [-0.3, -0.25) is 4.18 Å². The standard InChI is InChI=1S/C19H26N6O4S/c1-28-16-9-13-4-2-3-5-15(13)17(16)24-19-22-11-21-18(25-19)23-14-7-6-12(8-14)10-29-30(20,26)27/h2-5,11-12,14,16-17H,6-10H2,1H3,(H2,20,26,27)(H2,21,22,23,24,25)/t12-,14-,16-,17+/m0/s1. The number of benzene rings is 1. The summed E-state index contributed by atoms with van der Waals surface area (Å²) in [6.07, 6.45) is 4.78. The molecule has 30 heavy (non-hydrogen) atoms. The van der Waals surface area contributed by atoms with Gasteiger partial charge in [-0.15, -0.1) is 0 Å². The Bertz CT molecular complexity index is 988. The second-order valence-electron chi connectivity index (χ2n) is 7.73. The predicted octanol–water partition coefficient (Wildman–Crippen LogP) is 1.40. The zero-order valence-corrected chi connectivity index (χ0v) is 17.5. The van der Waals surface area contributed by atoms with Gasteiger partial charge in [-0.05, 0) is 36.3 Å². The lowest BCUT2D eigenvalue weighted by Crippen LogP contribution is -2.25. The Labute approximate surface area is 175 Å². The SMILES string of the molecule is CO[C@H]1Cc2ccccc2[C@H]1Nc1ncnc(N[C@H]2CC[C@H](COS(N)(=O)=O)C2)n1. The van der Waals surface area contributed by atoms with E-state index in [0.717, 1.165) is 25.7 Å². The summed E-state index contributed by atoms with van der Waals surface area (Å²) in [5, 5.41) is 11.6. The topological polar surface area (TPSA) is 141 Å². The molecule has 162 valence electrons. The predicted molar refractivity (Wildman–Crippen MR) is 111 cm³/mol. The number of ether oxygens (including phenoxy) is 1. The fourth-order valence-electron chi connectivity index (χ4n) is 4.25. The van der Waals surface area contributed by atoms with Crippen molar-refractivity contribution in [3.05, 3.63) is 41.7 Å². The molecular formula is C19H26N6O4S. The summed E-state index contributed by atoms with van der Waals surface area (Å²) in [5.74, 6) is 1.08. The molecule has 0 bridgehead atoms. The van der Waals surface area contributed by atoms with Gasteiger partial charge < -0.3 is 15.4 Å². The largest absolute Gasteiger partial charge is 0.379 e. The van der Waals surface area contributed by atoms with Gasteiger partial charge in [0.15, 0.2) is 0 Å². The molecular weight excluding hydrogens is 408 g/mol. The molecule has 1 saturated carbocycles. The van der Waals surface area contributed by atoms with E-state index < -0.39 is 10.3 Å². The van der Waals surface area contributed by atoms with Gasteiger partial charge in [-0.25, -0.2) is 15.1 Å². The Morgan fingerprint density at radius 2 is 1.93 bits per heavy atom. The number of nitrogens with one attached hydrogen (secondary N) is 2. The smallest absolute Gasteiger partial charge is 0.333 e. The maximum absolute atomic E-state index is 11.0. The molecule has 0 saturated heterocycles. The minimum Gasteiger partial charge on any atom is -0.379 e. The summed E-state index contributed by atoms with van der Waals surface area (Å²) in [7, 11) is -2.19. The second-order valence-corrected chi connectivity index (χ2v) is 8.95. The first-order chi connectivity index (χ1) is 14.4. The van der Waals surface area contributed by atoms with Crippen LogP contribution in [0.25, 0.3) is 0 Å². The van der Waals surface area contributed by atoms with Crippen LogP contribution in [-0.2, 0) is 25.6 Å². The highest BCUT2D eigenvalue weighted by Gasteiger charge is 2.33. The Morgan fingerprint density at radius 1 is 1.17 bits per heavy atom. The molecule has 1 fully saturated rings. The van der Waals surface area contributed by atoms with Gasteiger partial charge in [0, 0.05) is 19.6 Å². The van der Waals surface area contributed by atoms with Crippen molar-refractivity contribution < 1.29 is 17.3 Å². The molecule has 1 heterocycles. The van der Waals surface area contributed by atoms with E-state index in [-0.39, 0.29) is 30.7 Å². The van der Waals surface area contributed by atoms with E-state index in [9.17, 15) is 8.42 Å². The van der Waals surface area contributed by atoms with Crippen molar-refractivity contribution in [2.75, 3.05) is 24.4 Å². The Balaban J connectivity index is 1.38. The van der Waals surface area contributed by atoms with Crippen molar-refractivity contribution in [1.29, 1.82) is 0 Å². The lowest BCUT2D eigenvalue weighted by molar-refractivity contribution is 0.0958. The minimum atomic E-state index is -3.91. The summed E-state index contributed by atoms with van der Waals surface area (Å²) in [4.78, 5) is 13.0. The fraction of sp³-hybridized carbons (Fsp3) is 0.526. The Hall–Kier alpha value is -2.34. The van der Waals surface area contributed by atoms with E-state index in [1.54, 1.807) is 7.11 Å². The van der Waals surface area contributed by atoms with Crippen molar-refractivity contribution in [2.45, 2.75) is 43.9 Å². The number of rotatable bonds is 8. The Morgan fingerprint density at radius 3 is 2.70 bits per heavy atom. The van der Waals surface area contributed by atoms with Crippen LogP contribution >= 0.6 is 0 Å². The van der Waals surface area contributed by atoms with Crippen LogP contribution < -0.4 is 15.8 Å². The van der Waals surface area contributed by atoms with Crippen LogP contribution in [0.4, 0.5) is 11.9 Å². The normalized spacial score (nSPS) is 25.8. The average Bonchev–Trinajstić information content (AvgIpc) is 3.31. The van der Waals surface area contributed by atoms with Crippen molar-refractivity contribution >= 4 is 22.2 Å². The molecule has 0 unspecified atom stereocenters. The van der Waals surface area contributed by atoms with E-state index in [4.69, 9.17) is 14.1 Å².